The second kappa shape index (κ2) is 9.42. The van der Waals surface area contributed by atoms with Gasteiger partial charge in [0.15, 0.2) is 5.96 Å². The molecule has 1 saturated heterocycles. The van der Waals surface area contributed by atoms with Gasteiger partial charge in [-0.05, 0) is 24.1 Å². The Morgan fingerprint density at radius 2 is 1.81 bits per heavy atom. The van der Waals surface area contributed by atoms with Gasteiger partial charge in [-0.15, -0.1) is 0 Å². The molecule has 1 N–H and O–H groups in total. The second-order valence-electron chi connectivity index (χ2n) is 6.97. The van der Waals surface area contributed by atoms with Gasteiger partial charge in [-0.2, -0.15) is 0 Å². The molecule has 1 aliphatic heterocycles. The Labute approximate surface area is 162 Å². The van der Waals surface area contributed by atoms with Gasteiger partial charge < -0.3 is 19.9 Å². The fourth-order valence-corrected chi connectivity index (χ4v) is 3.37. The summed E-state index contributed by atoms with van der Waals surface area (Å²) in [7, 11) is 3.91. The molecule has 0 unspecified atom stereocenters. The molecule has 0 saturated carbocycles. The topological polar surface area (TPSA) is 40.1 Å². The van der Waals surface area contributed by atoms with Crippen LogP contribution in [0.4, 0.5) is 5.69 Å². The van der Waals surface area contributed by atoms with Gasteiger partial charge in [0.1, 0.15) is 0 Å². The minimum atomic E-state index is 0.748. The van der Waals surface area contributed by atoms with E-state index in [1.807, 2.05) is 7.05 Å². The van der Waals surface area contributed by atoms with E-state index in [-0.39, 0.29) is 0 Å². The molecule has 0 amide bonds. The van der Waals surface area contributed by atoms with Gasteiger partial charge in [0.2, 0.25) is 0 Å². The lowest BCUT2D eigenvalue weighted by atomic mass is 10.1. The highest BCUT2D eigenvalue weighted by molar-refractivity contribution is 5.79. The predicted molar refractivity (Wildman–Crippen MR) is 112 cm³/mol. The largest absolute Gasteiger partial charge is 0.378 e. The molecule has 27 heavy (non-hydrogen) atoms. The van der Waals surface area contributed by atoms with E-state index in [2.05, 4.69) is 82.6 Å². The SMILES string of the molecule is CN=C(NCc1ccccc1N1CCOCC1)N(C)Cc1ccc(C)cc1. The lowest BCUT2D eigenvalue weighted by Gasteiger charge is -2.31. The average Bonchev–Trinajstić information content (AvgIpc) is 2.71. The van der Waals surface area contributed by atoms with Crippen molar-refractivity contribution in [2.45, 2.75) is 20.0 Å². The van der Waals surface area contributed by atoms with Crippen molar-refractivity contribution in [1.29, 1.82) is 0 Å². The maximum Gasteiger partial charge on any atom is 0.193 e. The minimum absolute atomic E-state index is 0.748. The van der Waals surface area contributed by atoms with Crippen LogP contribution in [0.5, 0.6) is 0 Å². The summed E-state index contributed by atoms with van der Waals surface area (Å²) in [6, 6.07) is 17.2. The number of nitrogens with one attached hydrogen (secondary N) is 1. The second-order valence-corrected chi connectivity index (χ2v) is 6.97. The zero-order valence-electron chi connectivity index (χ0n) is 16.6. The zero-order valence-corrected chi connectivity index (χ0v) is 16.6. The van der Waals surface area contributed by atoms with Gasteiger partial charge in [0, 0.05) is 46.0 Å². The van der Waals surface area contributed by atoms with Gasteiger partial charge in [0.05, 0.1) is 13.2 Å². The first-order valence-electron chi connectivity index (χ1n) is 9.55. The van der Waals surface area contributed by atoms with Crippen LogP contribution in [-0.2, 0) is 17.8 Å². The number of morpholine rings is 1. The number of anilines is 1. The van der Waals surface area contributed by atoms with E-state index in [0.29, 0.717) is 0 Å². The Hall–Kier alpha value is -2.53. The molecular weight excluding hydrogens is 336 g/mol. The lowest BCUT2D eigenvalue weighted by Crippen LogP contribution is -2.39. The van der Waals surface area contributed by atoms with E-state index in [0.717, 1.165) is 45.4 Å². The van der Waals surface area contributed by atoms with Gasteiger partial charge in [0.25, 0.3) is 0 Å². The molecule has 5 heteroatoms. The molecule has 144 valence electrons. The smallest absolute Gasteiger partial charge is 0.193 e. The molecule has 0 atom stereocenters. The first kappa shape index (κ1) is 19.2. The van der Waals surface area contributed by atoms with Gasteiger partial charge in [-0.1, -0.05) is 48.0 Å². The third-order valence-corrected chi connectivity index (χ3v) is 4.89. The molecule has 0 bridgehead atoms. The normalized spacial score (nSPS) is 14.9. The molecule has 0 aromatic heterocycles. The third-order valence-electron chi connectivity index (χ3n) is 4.89. The Morgan fingerprint density at radius 3 is 2.52 bits per heavy atom. The molecule has 2 aromatic carbocycles. The standard InChI is InChI=1S/C22H30N4O/c1-18-8-10-19(11-9-18)17-25(3)22(23-2)24-16-20-6-4-5-7-21(20)26-12-14-27-15-13-26/h4-11H,12-17H2,1-3H3,(H,23,24). The Bertz CT molecular complexity index is 751. The number of nitrogens with zero attached hydrogens (tertiary/aromatic N) is 3. The number of guanidine groups is 1. The van der Waals surface area contributed by atoms with Crippen molar-refractivity contribution in [3.63, 3.8) is 0 Å². The first-order chi connectivity index (χ1) is 13.2. The molecule has 0 aliphatic carbocycles. The molecule has 1 aliphatic rings. The van der Waals surface area contributed by atoms with Crippen LogP contribution in [0.15, 0.2) is 53.5 Å². The minimum Gasteiger partial charge on any atom is -0.378 e. The van der Waals surface area contributed by atoms with Gasteiger partial charge in [-0.25, -0.2) is 0 Å². The van der Waals surface area contributed by atoms with Crippen LogP contribution >= 0.6 is 0 Å². The number of hydrogen-bond acceptors (Lipinski definition) is 3. The molecule has 1 fully saturated rings. The number of aryl methyl sites for hydroxylation is 1. The van der Waals surface area contributed by atoms with Crippen molar-refractivity contribution in [2.24, 2.45) is 4.99 Å². The third kappa shape index (κ3) is 5.23. The summed E-state index contributed by atoms with van der Waals surface area (Å²) in [4.78, 5) is 9.01. The molecule has 5 nitrogen and oxygen atoms in total. The number of rotatable bonds is 5. The van der Waals surface area contributed by atoms with Crippen LogP contribution in [0.25, 0.3) is 0 Å². The number of ether oxygens (including phenoxy) is 1. The van der Waals surface area contributed by atoms with Gasteiger partial charge >= 0.3 is 0 Å². The summed E-state index contributed by atoms with van der Waals surface area (Å²) in [5.74, 6) is 0.896. The highest BCUT2D eigenvalue weighted by Gasteiger charge is 2.15. The van der Waals surface area contributed by atoms with Crippen LogP contribution in [0.3, 0.4) is 0 Å². The van der Waals surface area contributed by atoms with Crippen molar-refractivity contribution < 1.29 is 4.74 Å². The van der Waals surface area contributed by atoms with E-state index in [4.69, 9.17) is 4.74 Å². The van der Waals surface area contributed by atoms with Crippen molar-refractivity contribution in [3.8, 4) is 0 Å². The first-order valence-corrected chi connectivity index (χ1v) is 9.55. The molecule has 1 heterocycles. The summed E-state index contributed by atoms with van der Waals surface area (Å²) < 4.78 is 5.49. The number of benzene rings is 2. The highest BCUT2D eigenvalue weighted by atomic mass is 16.5. The Kier molecular flexibility index (Phi) is 6.71. The van der Waals surface area contributed by atoms with E-state index in [1.54, 1.807) is 0 Å². The van der Waals surface area contributed by atoms with Crippen molar-refractivity contribution in [1.82, 2.24) is 10.2 Å². The van der Waals surface area contributed by atoms with E-state index in [1.165, 1.54) is 22.4 Å². The summed E-state index contributed by atoms with van der Waals surface area (Å²) in [5.41, 5.74) is 5.12. The number of para-hydroxylation sites is 1. The number of aliphatic imine (C=N–C) groups is 1. The monoisotopic (exact) mass is 366 g/mol. The quantitative estimate of drug-likeness (QED) is 0.652. The fraction of sp³-hybridized carbons (Fsp3) is 0.409. The highest BCUT2D eigenvalue weighted by Crippen LogP contribution is 2.21. The summed E-state index contributed by atoms with van der Waals surface area (Å²) in [6.45, 7) is 7.16. The summed E-state index contributed by atoms with van der Waals surface area (Å²) in [6.07, 6.45) is 0. The zero-order chi connectivity index (χ0) is 19.1. The molecular formula is C22H30N4O. The maximum absolute atomic E-state index is 5.49. The van der Waals surface area contributed by atoms with E-state index in [9.17, 15) is 0 Å². The van der Waals surface area contributed by atoms with Crippen LogP contribution < -0.4 is 10.2 Å². The van der Waals surface area contributed by atoms with Crippen LogP contribution in [-0.4, -0.2) is 51.3 Å². The summed E-state index contributed by atoms with van der Waals surface area (Å²) in [5, 5.41) is 3.51. The number of hydrogen-bond donors (Lipinski definition) is 1. The van der Waals surface area contributed by atoms with Crippen molar-refractivity contribution in [3.05, 3.63) is 65.2 Å². The predicted octanol–water partition coefficient (Wildman–Crippen LogP) is 3.04. The van der Waals surface area contributed by atoms with Crippen molar-refractivity contribution >= 4 is 11.6 Å². The molecule has 2 aromatic rings. The van der Waals surface area contributed by atoms with Crippen LogP contribution in [0, 0.1) is 6.92 Å². The molecule has 3 rings (SSSR count). The van der Waals surface area contributed by atoms with Crippen molar-refractivity contribution in [2.75, 3.05) is 45.3 Å². The van der Waals surface area contributed by atoms with E-state index >= 15 is 0 Å². The average molecular weight is 367 g/mol. The van der Waals surface area contributed by atoms with Crippen LogP contribution in [0.2, 0.25) is 0 Å². The Morgan fingerprint density at radius 1 is 1.11 bits per heavy atom. The fourth-order valence-electron chi connectivity index (χ4n) is 3.37. The summed E-state index contributed by atoms with van der Waals surface area (Å²) >= 11 is 0. The molecule has 0 radical (unpaired) electrons. The lowest BCUT2D eigenvalue weighted by molar-refractivity contribution is 0.122. The van der Waals surface area contributed by atoms with Gasteiger partial charge in [-0.3, -0.25) is 4.99 Å². The maximum atomic E-state index is 5.49. The molecule has 0 spiro atoms. The van der Waals surface area contributed by atoms with Crippen LogP contribution in [0.1, 0.15) is 16.7 Å². The van der Waals surface area contributed by atoms with E-state index < -0.39 is 0 Å². The Balaban J connectivity index is 1.63.